The molecule has 2 unspecified atom stereocenters. The highest BCUT2D eigenvalue weighted by Crippen LogP contribution is 2.31. The lowest BCUT2D eigenvalue weighted by Gasteiger charge is -2.31. The highest BCUT2D eigenvalue weighted by atomic mass is 32.1. The molecule has 0 radical (unpaired) electrons. The molecule has 1 aromatic heterocycles. The van der Waals surface area contributed by atoms with E-state index < -0.39 is 0 Å². The van der Waals surface area contributed by atoms with Gasteiger partial charge >= 0.3 is 0 Å². The second kappa shape index (κ2) is 7.59. The lowest BCUT2D eigenvalue weighted by atomic mass is 10.1. The van der Waals surface area contributed by atoms with Crippen molar-refractivity contribution >= 4 is 23.2 Å². The van der Waals surface area contributed by atoms with Crippen molar-refractivity contribution in [1.82, 2.24) is 10.2 Å². The van der Waals surface area contributed by atoms with Gasteiger partial charge in [0.1, 0.15) is 6.04 Å². The van der Waals surface area contributed by atoms with Gasteiger partial charge in [-0.25, -0.2) is 0 Å². The van der Waals surface area contributed by atoms with Gasteiger partial charge in [-0.05, 0) is 24.3 Å². The van der Waals surface area contributed by atoms with Crippen LogP contribution in [-0.4, -0.2) is 29.3 Å². The number of nitrogens with zero attached hydrogens (tertiary/aromatic N) is 1. The summed E-state index contributed by atoms with van der Waals surface area (Å²) in [6.07, 6.45) is 3.97. The summed E-state index contributed by atoms with van der Waals surface area (Å²) < 4.78 is 0. The number of carbonyl (C=O) groups is 2. The van der Waals surface area contributed by atoms with Gasteiger partial charge < -0.3 is 10.2 Å². The summed E-state index contributed by atoms with van der Waals surface area (Å²) in [5.41, 5.74) is 0. The van der Waals surface area contributed by atoms with Crippen LogP contribution in [0.15, 0.2) is 17.5 Å². The monoisotopic (exact) mass is 308 g/mol. The third-order valence-electron chi connectivity index (χ3n) is 3.88. The molecule has 0 saturated carbocycles. The molecule has 2 amide bonds. The fourth-order valence-electron chi connectivity index (χ4n) is 2.86. The zero-order valence-electron chi connectivity index (χ0n) is 12.8. The molecular weight excluding hydrogens is 284 g/mol. The largest absolute Gasteiger partial charge is 0.344 e. The molecule has 1 fully saturated rings. The quantitative estimate of drug-likeness (QED) is 0.878. The second-order valence-electron chi connectivity index (χ2n) is 5.51. The first kappa shape index (κ1) is 16.0. The van der Waals surface area contributed by atoms with E-state index in [0.717, 1.165) is 19.3 Å². The maximum atomic E-state index is 12.8. The molecule has 0 bridgehead atoms. The van der Waals surface area contributed by atoms with E-state index in [1.54, 1.807) is 11.3 Å². The van der Waals surface area contributed by atoms with Crippen LogP contribution in [0.5, 0.6) is 0 Å². The minimum atomic E-state index is -0.357. The Labute approximate surface area is 130 Å². The second-order valence-corrected chi connectivity index (χ2v) is 6.49. The van der Waals surface area contributed by atoms with E-state index in [2.05, 4.69) is 18.3 Å². The Morgan fingerprint density at radius 3 is 2.81 bits per heavy atom. The molecule has 2 atom stereocenters. The highest BCUT2D eigenvalue weighted by Gasteiger charge is 2.33. The van der Waals surface area contributed by atoms with Crippen LogP contribution in [0.2, 0.25) is 0 Å². The average Bonchev–Trinajstić information content (AvgIpc) is 2.95. The van der Waals surface area contributed by atoms with Crippen LogP contribution in [0.3, 0.4) is 0 Å². The number of amides is 2. The molecule has 1 aromatic rings. The van der Waals surface area contributed by atoms with Crippen LogP contribution >= 0.6 is 11.3 Å². The van der Waals surface area contributed by atoms with E-state index in [4.69, 9.17) is 0 Å². The van der Waals surface area contributed by atoms with E-state index in [1.807, 2.05) is 23.3 Å². The molecule has 5 heteroatoms. The summed E-state index contributed by atoms with van der Waals surface area (Å²) in [4.78, 5) is 27.8. The smallest absolute Gasteiger partial charge is 0.245 e. The minimum Gasteiger partial charge on any atom is -0.344 e. The lowest BCUT2D eigenvalue weighted by Crippen LogP contribution is -2.45. The van der Waals surface area contributed by atoms with Gasteiger partial charge in [0.15, 0.2) is 0 Å². The van der Waals surface area contributed by atoms with Crippen molar-refractivity contribution < 1.29 is 9.59 Å². The molecule has 1 aliphatic heterocycles. The normalized spacial score (nSPS) is 21.0. The van der Waals surface area contributed by atoms with Gasteiger partial charge in [-0.1, -0.05) is 32.8 Å². The standard InChI is InChI=1S/C16H24N2O2S/c1-3-6-12-16(20)18(10-9-15(19)17-12)13(7-4-2)14-8-5-11-21-14/h5,8,11-13H,3-4,6-7,9-10H2,1-2H3,(H,17,19). The molecule has 2 rings (SSSR count). The van der Waals surface area contributed by atoms with Crippen molar-refractivity contribution in [3.63, 3.8) is 0 Å². The first-order chi connectivity index (χ1) is 10.2. The van der Waals surface area contributed by atoms with Crippen molar-refractivity contribution in [2.75, 3.05) is 6.54 Å². The molecule has 0 aromatic carbocycles. The summed E-state index contributed by atoms with van der Waals surface area (Å²) in [7, 11) is 0. The zero-order valence-corrected chi connectivity index (χ0v) is 13.6. The Morgan fingerprint density at radius 1 is 1.38 bits per heavy atom. The molecule has 2 heterocycles. The Morgan fingerprint density at radius 2 is 2.19 bits per heavy atom. The van der Waals surface area contributed by atoms with Crippen LogP contribution < -0.4 is 5.32 Å². The zero-order chi connectivity index (χ0) is 15.2. The van der Waals surface area contributed by atoms with E-state index in [0.29, 0.717) is 19.4 Å². The van der Waals surface area contributed by atoms with Crippen molar-refractivity contribution in [2.45, 2.75) is 58.0 Å². The van der Waals surface area contributed by atoms with E-state index in [-0.39, 0.29) is 23.9 Å². The third kappa shape index (κ3) is 3.84. The maximum absolute atomic E-state index is 12.8. The molecule has 116 valence electrons. The van der Waals surface area contributed by atoms with Crippen LogP contribution in [0.1, 0.15) is 56.9 Å². The average molecular weight is 308 g/mol. The van der Waals surface area contributed by atoms with Crippen LogP contribution in [0.25, 0.3) is 0 Å². The number of thiophene rings is 1. The van der Waals surface area contributed by atoms with Crippen molar-refractivity contribution in [1.29, 1.82) is 0 Å². The number of carbonyl (C=O) groups excluding carboxylic acids is 2. The Hall–Kier alpha value is -1.36. The summed E-state index contributed by atoms with van der Waals surface area (Å²) in [6, 6.07) is 3.87. The van der Waals surface area contributed by atoms with Crippen LogP contribution in [-0.2, 0) is 9.59 Å². The molecule has 0 aliphatic carbocycles. The summed E-state index contributed by atoms with van der Waals surface area (Å²) in [5, 5.41) is 4.92. The molecular formula is C16H24N2O2S. The van der Waals surface area contributed by atoms with Gasteiger partial charge in [0.2, 0.25) is 11.8 Å². The van der Waals surface area contributed by atoms with E-state index in [9.17, 15) is 9.59 Å². The first-order valence-corrected chi connectivity index (χ1v) is 8.68. The molecule has 1 saturated heterocycles. The van der Waals surface area contributed by atoms with Crippen LogP contribution in [0, 0.1) is 0 Å². The fraction of sp³-hybridized carbons (Fsp3) is 0.625. The van der Waals surface area contributed by atoms with Gasteiger partial charge in [0.25, 0.3) is 0 Å². The van der Waals surface area contributed by atoms with Crippen LogP contribution in [0.4, 0.5) is 0 Å². The summed E-state index contributed by atoms with van der Waals surface area (Å²) >= 11 is 1.69. The van der Waals surface area contributed by atoms with Gasteiger partial charge in [0.05, 0.1) is 6.04 Å². The summed E-state index contributed by atoms with van der Waals surface area (Å²) in [5.74, 6) is 0.0697. The number of rotatable bonds is 6. The van der Waals surface area contributed by atoms with Gasteiger partial charge in [-0.2, -0.15) is 0 Å². The predicted molar refractivity (Wildman–Crippen MR) is 85.1 cm³/mol. The Bertz CT molecular complexity index is 473. The van der Waals surface area contributed by atoms with E-state index in [1.165, 1.54) is 4.88 Å². The van der Waals surface area contributed by atoms with Gasteiger partial charge in [-0.3, -0.25) is 9.59 Å². The van der Waals surface area contributed by atoms with Crippen molar-refractivity contribution in [2.24, 2.45) is 0 Å². The maximum Gasteiger partial charge on any atom is 0.245 e. The number of hydrogen-bond acceptors (Lipinski definition) is 3. The topological polar surface area (TPSA) is 49.4 Å². The van der Waals surface area contributed by atoms with Crippen molar-refractivity contribution in [3.8, 4) is 0 Å². The van der Waals surface area contributed by atoms with Gasteiger partial charge in [-0.15, -0.1) is 11.3 Å². The predicted octanol–water partition coefficient (Wildman–Crippen LogP) is 3.11. The summed E-state index contributed by atoms with van der Waals surface area (Å²) in [6.45, 7) is 4.70. The number of nitrogens with one attached hydrogen (secondary N) is 1. The first-order valence-electron chi connectivity index (χ1n) is 7.80. The number of hydrogen-bond donors (Lipinski definition) is 1. The Balaban J connectivity index is 2.24. The lowest BCUT2D eigenvalue weighted by molar-refractivity contribution is -0.136. The molecule has 4 nitrogen and oxygen atoms in total. The SMILES string of the molecule is CCCC1NC(=O)CCN(C(CCC)c2cccs2)C1=O. The highest BCUT2D eigenvalue weighted by molar-refractivity contribution is 7.10. The fourth-order valence-corrected chi connectivity index (χ4v) is 3.73. The van der Waals surface area contributed by atoms with Crippen molar-refractivity contribution in [3.05, 3.63) is 22.4 Å². The third-order valence-corrected chi connectivity index (χ3v) is 4.86. The molecule has 21 heavy (non-hydrogen) atoms. The Kier molecular flexibility index (Phi) is 5.79. The molecule has 1 aliphatic rings. The molecule has 0 spiro atoms. The van der Waals surface area contributed by atoms with E-state index >= 15 is 0 Å². The minimum absolute atomic E-state index is 0.00859. The molecule has 1 N–H and O–H groups in total. The van der Waals surface area contributed by atoms with Gasteiger partial charge in [0, 0.05) is 17.8 Å².